The molecule has 1 aromatic carbocycles. The van der Waals surface area contributed by atoms with Crippen LogP contribution in [-0.4, -0.2) is 51.2 Å². The van der Waals surface area contributed by atoms with Crippen molar-refractivity contribution < 1.29 is 0 Å². The number of rotatable bonds is 7. The molecule has 0 saturated heterocycles. The van der Waals surface area contributed by atoms with E-state index in [4.69, 9.17) is 0 Å². The van der Waals surface area contributed by atoms with E-state index in [0.29, 0.717) is 0 Å². The standard InChI is InChI=1S/C17H30N4S.HI/c1-17(2,22-6)13-20-16(18-3)19-12-11-14-7-9-15(10-8-14)21(4)5;/h7-10H,11-13H2,1-6H3,(H2,18,19,20);1H. The van der Waals surface area contributed by atoms with Crippen LogP contribution in [0.25, 0.3) is 0 Å². The lowest BCUT2D eigenvalue weighted by Gasteiger charge is -2.23. The monoisotopic (exact) mass is 450 g/mol. The van der Waals surface area contributed by atoms with Crippen LogP contribution in [-0.2, 0) is 6.42 Å². The molecular formula is C17H31IN4S. The summed E-state index contributed by atoms with van der Waals surface area (Å²) in [5, 5.41) is 6.75. The highest BCUT2D eigenvalue weighted by Gasteiger charge is 2.15. The molecule has 1 rings (SSSR count). The molecule has 0 aliphatic rings. The van der Waals surface area contributed by atoms with Gasteiger partial charge in [0.25, 0.3) is 0 Å². The molecule has 23 heavy (non-hydrogen) atoms. The number of nitrogens with zero attached hydrogens (tertiary/aromatic N) is 2. The summed E-state index contributed by atoms with van der Waals surface area (Å²) in [7, 11) is 5.93. The summed E-state index contributed by atoms with van der Waals surface area (Å²) in [5.41, 5.74) is 2.56. The molecule has 2 N–H and O–H groups in total. The van der Waals surface area contributed by atoms with E-state index in [1.165, 1.54) is 11.3 Å². The molecule has 4 nitrogen and oxygen atoms in total. The van der Waals surface area contributed by atoms with Gasteiger partial charge in [-0.25, -0.2) is 0 Å². The normalized spacial score (nSPS) is 11.7. The molecule has 0 aliphatic heterocycles. The summed E-state index contributed by atoms with van der Waals surface area (Å²) in [5.74, 6) is 0.868. The summed E-state index contributed by atoms with van der Waals surface area (Å²) < 4.78 is 0.208. The second kappa shape index (κ2) is 11.0. The average molecular weight is 450 g/mol. The van der Waals surface area contributed by atoms with Gasteiger partial charge in [0, 0.05) is 44.7 Å². The summed E-state index contributed by atoms with van der Waals surface area (Å²) >= 11 is 1.85. The van der Waals surface area contributed by atoms with Gasteiger partial charge in [0.15, 0.2) is 5.96 Å². The van der Waals surface area contributed by atoms with Gasteiger partial charge in [-0.2, -0.15) is 11.8 Å². The molecular weight excluding hydrogens is 419 g/mol. The lowest BCUT2D eigenvalue weighted by atomic mass is 10.1. The summed E-state index contributed by atoms with van der Waals surface area (Å²) in [6.45, 7) is 6.22. The van der Waals surface area contributed by atoms with Crippen molar-refractivity contribution in [3.05, 3.63) is 29.8 Å². The van der Waals surface area contributed by atoms with Crippen LogP contribution in [0.3, 0.4) is 0 Å². The summed E-state index contributed by atoms with van der Waals surface area (Å²) in [6, 6.07) is 8.68. The maximum Gasteiger partial charge on any atom is 0.191 e. The SMILES string of the molecule is CN=C(NCCc1ccc(N(C)C)cc1)NCC(C)(C)SC.I. The lowest BCUT2D eigenvalue weighted by molar-refractivity contribution is 0.664. The van der Waals surface area contributed by atoms with Gasteiger partial charge < -0.3 is 15.5 Å². The third-order valence-corrected chi connectivity index (χ3v) is 4.87. The highest BCUT2D eigenvalue weighted by atomic mass is 127. The van der Waals surface area contributed by atoms with Gasteiger partial charge in [-0.1, -0.05) is 12.1 Å². The minimum Gasteiger partial charge on any atom is -0.378 e. The van der Waals surface area contributed by atoms with Crippen LogP contribution < -0.4 is 15.5 Å². The molecule has 132 valence electrons. The zero-order valence-corrected chi connectivity index (χ0v) is 18.3. The van der Waals surface area contributed by atoms with Crippen molar-refractivity contribution in [3.8, 4) is 0 Å². The van der Waals surface area contributed by atoms with Gasteiger partial charge in [-0.05, 0) is 44.2 Å². The van der Waals surface area contributed by atoms with E-state index in [-0.39, 0.29) is 28.7 Å². The number of aliphatic imine (C=N–C) groups is 1. The van der Waals surface area contributed by atoms with Crippen LogP contribution in [0.4, 0.5) is 5.69 Å². The topological polar surface area (TPSA) is 39.7 Å². The Bertz CT molecular complexity index is 472. The number of thioether (sulfide) groups is 1. The lowest BCUT2D eigenvalue weighted by Crippen LogP contribution is -2.43. The highest BCUT2D eigenvalue weighted by Crippen LogP contribution is 2.19. The van der Waals surface area contributed by atoms with Crippen LogP contribution in [0.2, 0.25) is 0 Å². The van der Waals surface area contributed by atoms with Gasteiger partial charge in [0.05, 0.1) is 0 Å². The van der Waals surface area contributed by atoms with Crippen molar-refractivity contribution >= 4 is 47.4 Å². The van der Waals surface area contributed by atoms with Crippen LogP contribution in [0, 0.1) is 0 Å². The Morgan fingerprint density at radius 1 is 1.17 bits per heavy atom. The number of nitrogens with one attached hydrogen (secondary N) is 2. The third-order valence-electron chi connectivity index (χ3n) is 3.62. The zero-order valence-electron chi connectivity index (χ0n) is 15.1. The summed E-state index contributed by atoms with van der Waals surface area (Å²) in [4.78, 5) is 6.38. The second-order valence-corrected chi connectivity index (χ2v) is 7.64. The Balaban J connectivity index is 0.00000484. The fourth-order valence-corrected chi connectivity index (χ4v) is 2.09. The van der Waals surface area contributed by atoms with E-state index in [0.717, 1.165) is 25.5 Å². The van der Waals surface area contributed by atoms with Gasteiger partial charge in [0.1, 0.15) is 0 Å². The van der Waals surface area contributed by atoms with Crippen LogP contribution in [0.5, 0.6) is 0 Å². The van der Waals surface area contributed by atoms with Gasteiger partial charge in [-0.3, -0.25) is 4.99 Å². The average Bonchev–Trinajstić information content (AvgIpc) is 2.51. The van der Waals surface area contributed by atoms with Gasteiger partial charge in [-0.15, -0.1) is 24.0 Å². The molecule has 1 aromatic rings. The molecule has 0 radical (unpaired) electrons. The molecule has 0 atom stereocenters. The van der Waals surface area contributed by atoms with Gasteiger partial charge in [0.2, 0.25) is 0 Å². The zero-order chi connectivity index (χ0) is 16.6. The first-order chi connectivity index (χ1) is 10.4. The molecule has 6 heteroatoms. The molecule has 0 aromatic heterocycles. The number of benzene rings is 1. The Morgan fingerprint density at radius 2 is 1.78 bits per heavy atom. The molecule has 0 heterocycles. The van der Waals surface area contributed by atoms with E-state index >= 15 is 0 Å². The largest absolute Gasteiger partial charge is 0.378 e. The first kappa shape index (κ1) is 22.4. The van der Waals surface area contributed by atoms with E-state index in [1.807, 2.05) is 18.8 Å². The Morgan fingerprint density at radius 3 is 2.26 bits per heavy atom. The molecule has 0 saturated carbocycles. The fraction of sp³-hybridized carbons (Fsp3) is 0.588. The molecule has 0 amide bonds. The highest BCUT2D eigenvalue weighted by molar-refractivity contribution is 14.0. The van der Waals surface area contributed by atoms with Gasteiger partial charge >= 0.3 is 0 Å². The minimum absolute atomic E-state index is 0. The summed E-state index contributed by atoms with van der Waals surface area (Å²) in [6.07, 6.45) is 3.12. The number of anilines is 1. The molecule has 0 aliphatic carbocycles. The van der Waals surface area contributed by atoms with Crippen molar-refractivity contribution in [1.82, 2.24) is 10.6 Å². The quantitative estimate of drug-likeness (QED) is 0.380. The first-order valence-electron chi connectivity index (χ1n) is 7.64. The van der Waals surface area contributed by atoms with Crippen molar-refractivity contribution in [2.75, 3.05) is 45.4 Å². The predicted octanol–water partition coefficient (Wildman–Crippen LogP) is 3.22. The molecule has 0 fully saturated rings. The Hall–Kier alpha value is -0.630. The number of halogens is 1. The van der Waals surface area contributed by atoms with Crippen LogP contribution in [0.1, 0.15) is 19.4 Å². The minimum atomic E-state index is 0. The maximum absolute atomic E-state index is 4.27. The fourth-order valence-electron chi connectivity index (χ4n) is 1.88. The van der Waals surface area contributed by atoms with Crippen molar-refractivity contribution in [2.24, 2.45) is 4.99 Å². The Kier molecular flexibility index (Phi) is 10.7. The van der Waals surface area contributed by atoms with Crippen molar-refractivity contribution in [3.63, 3.8) is 0 Å². The second-order valence-electron chi connectivity index (χ2n) is 6.13. The predicted molar refractivity (Wildman–Crippen MR) is 117 cm³/mol. The van der Waals surface area contributed by atoms with E-state index < -0.39 is 0 Å². The maximum atomic E-state index is 4.27. The third kappa shape index (κ3) is 8.69. The smallest absolute Gasteiger partial charge is 0.191 e. The van der Waals surface area contributed by atoms with Crippen molar-refractivity contribution in [2.45, 2.75) is 25.0 Å². The molecule has 0 spiro atoms. The van der Waals surface area contributed by atoms with E-state index in [1.54, 1.807) is 0 Å². The van der Waals surface area contributed by atoms with E-state index in [9.17, 15) is 0 Å². The first-order valence-corrected chi connectivity index (χ1v) is 8.86. The number of guanidine groups is 1. The molecule has 0 unspecified atom stereocenters. The number of hydrogen-bond acceptors (Lipinski definition) is 3. The van der Waals surface area contributed by atoms with Crippen molar-refractivity contribution in [1.29, 1.82) is 0 Å². The Labute approximate surface area is 162 Å². The molecule has 0 bridgehead atoms. The van der Waals surface area contributed by atoms with Crippen LogP contribution in [0.15, 0.2) is 29.3 Å². The van der Waals surface area contributed by atoms with Crippen LogP contribution >= 0.6 is 35.7 Å². The van der Waals surface area contributed by atoms with E-state index in [2.05, 4.69) is 79.0 Å². The number of hydrogen-bond donors (Lipinski definition) is 2.